The fraction of sp³-hybridized carbons (Fsp3) is 0.242. The Kier molecular flexibility index (Phi) is 8.80. The standard InChI is InChI=1S/C33H34N4O6/c1-7-20-19(6)32(42)37-27(20)14-25-18(5)23(10-12-31(40)41)29(35-25)15-28-22(9-11-30(38)39)17(4)24(34-28)13-26-16(3)21(8-2)33(43)36-26/h7-8,13-15,34H,1-2,9-12H2,3-6H3,(H,36,43)(H,37,42)(H,38,39)(H,40,41)/b26-13-,27-14-,29-15-. The molecule has 43 heavy (non-hydrogen) atoms. The first-order valence-corrected chi connectivity index (χ1v) is 13.8. The van der Waals surface area contributed by atoms with Gasteiger partial charge in [0.25, 0.3) is 11.8 Å². The van der Waals surface area contributed by atoms with Gasteiger partial charge in [0.1, 0.15) is 0 Å². The molecule has 3 aliphatic heterocycles. The molecule has 4 rings (SSSR count). The number of rotatable bonds is 11. The van der Waals surface area contributed by atoms with Crippen LogP contribution in [0, 0.1) is 6.92 Å². The van der Waals surface area contributed by atoms with E-state index in [1.165, 1.54) is 6.08 Å². The van der Waals surface area contributed by atoms with Gasteiger partial charge in [0.15, 0.2) is 0 Å². The van der Waals surface area contributed by atoms with Crippen LogP contribution in [0.2, 0.25) is 0 Å². The van der Waals surface area contributed by atoms with Gasteiger partial charge in [-0.1, -0.05) is 25.3 Å². The fourth-order valence-electron chi connectivity index (χ4n) is 5.33. The van der Waals surface area contributed by atoms with E-state index in [9.17, 15) is 29.4 Å². The molecule has 0 saturated carbocycles. The van der Waals surface area contributed by atoms with Crippen LogP contribution in [0.5, 0.6) is 0 Å². The Morgan fingerprint density at radius 1 is 0.767 bits per heavy atom. The molecule has 3 aliphatic rings. The van der Waals surface area contributed by atoms with E-state index in [-0.39, 0.29) is 37.5 Å². The number of hydrogen-bond acceptors (Lipinski definition) is 5. The highest BCUT2D eigenvalue weighted by Gasteiger charge is 2.27. The largest absolute Gasteiger partial charge is 0.481 e. The minimum absolute atomic E-state index is 0.0990. The lowest BCUT2D eigenvalue weighted by atomic mass is 9.98. The van der Waals surface area contributed by atoms with Gasteiger partial charge in [-0.3, -0.25) is 19.2 Å². The van der Waals surface area contributed by atoms with Crippen molar-refractivity contribution in [1.29, 1.82) is 0 Å². The molecule has 0 atom stereocenters. The summed E-state index contributed by atoms with van der Waals surface area (Å²) < 4.78 is 0. The Balaban J connectivity index is 1.85. The van der Waals surface area contributed by atoms with Crippen molar-refractivity contribution in [2.75, 3.05) is 0 Å². The number of carbonyl (C=O) groups is 4. The summed E-state index contributed by atoms with van der Waals surface area (Å²) in [4.78, 5) is 55.8. The SMILES string of the molecule is C=CC1=C(C)/C(=C/c2[nH]c(/C=C3N=C(/C=C4\NC(=O)C(C)=C4C=C)C(C)=C\3CCC(=O)O)c(CCC(=O)O)c2C)NC1=O. The Labute approximate surface area is 249 Å². The minimum Gasteiger partial charge on any atom is -0.481 e. The first-order chi connectivity index (χ1) is 20.4. The van der Waals surface area contributed by atoms with Crippen molar-refractivity contribution in [2.24, 2.45) is 4.99 Å². The van der Waals surface area contributed by atoms with Crippen molar-refractivity contribution < 1.29 is 29.4 Å². The second kappa shape index (κ2) is 12.3. The topological polar surface area (TPSA) is 161 Å². The van der Waals surface area contributed by atoms with Gasteiger partial charge in [0.2, 0.25) is 0 Å². The third-order valence-corrected chi connectivity index (χ3v) is 7.86. The van der Waals surface area contributed by atoms with Crippen LogP contribution in [0.25, 0.3) is 12.2 Å². The number of carbonyl (C=O) groups excluding carboxylic acids is 2. The molecule has 0 aromatic carbocycles. The summed E-state index contributed by atoms with van der Waals surface area (Å²) in [6.07, 6.45) is 8.71. The van der Waals surface area contributed by atoms with Gasteiger partial charge in [0.05, 0.1) is 17.1 Å². The van der Waals surface area contributed by atoms with Gasteiger partial charge >= 0.3 is 11.9 Å². The van der Waals surface area contributed by atoms with E-state index in [0.717, 1.165) is 27.8 Å². The van der Waals surface area contributed by atoms with Crippen LogP contribution >= 0.6 is 0 Å². The summed E-state index contributed by atoms with van der Waals surface area (Å²) in [5, 5.41) is 24.5. The summed E-state index contributed by atoms with van der Waals surface area (Å²) >= 11 is 0. The Morgan fingerprint density at radius 3 is 2.00 bits per heavy atom. The summed E-state index contributed by atoms with van der Waals surface area (Å²) in [5.41, 5.74) is 9.11. The van der Waals surface area contributed by atoms with Crippen LogP contribution in [-0.4, -0.2) is 44.7 Å². The van der Waals surface area contributed by atoms with Gasteiger partial charge in [-0.25, -0.2) is 4.99 Å². The molecule has 4 heterocycles. The normalized spacial score (nSPS) is 19.6. The van der Waals surface area contributed by atoms with Crippen molar-refractivity contribution in [3.8, 4) is 0 Å². The van der Waals surface area contributed by atoms with Gasteiger partial charge < -0.3 is 25.8 Å². The van der Waals surface area contributed by atoms with Crippen LogP contribution in [0.4, 0.5) is 0 Å². The molecule has 0 saturated heterocycles. The molecule has 0 aliphatic carbocycles. The highest BCUT2D eigenvalue weighted by molar-refractivity contribution is 6.14. The molecule has 1 aromatic heterocycles. The van der Waals surface area contributed by atoms with Crippen molar-refractivity contribution >= 4 is 41.6 Å². The van der Waals surface area contributed by atoms with Crippen molar-refractivity contribution in [1.82, 2.24) is 15.6 Å². The molecule has 2 amide bonds. The van der Waals surface area contributed by atoms with Gasteiger partial charge in [-0.2, -0.15) is 0 Å². The Morgan fingerprint density at radius 2 is 1.40 bits per heavy atom. The molecule has 10 heteroatoms. The molecule has 0 unspecified atom stereocenters. The summed E-state index contributed by atoms with van der Waals surface area (Å²) in [6, 6.07) is 0. The molecular weight excluding hydrogens is 548 g/mol. The van der Waals surface area contributed by atoms with Crippen LogP contribution in [-0.2, 0) is 25.6 Å². The first-order valence-electron chi connectivity index (χ1n) is 13.8. The van der Waals surface area contributed by atoms with E-state index in [2.05, 4.69) is 28.8 Å². The number of aliphatic imine (C=N–C) groups is 1. The van der Waals surface area contributed by atoms with Gasteiger partial charge in [-0.05, 0) is 86.6 Å². The van der Waals surface area contributed by atoms with Crippen LogP contribution in [0.1, 0.15) is 62.5 Å². The molecule has 0 fully saturated rings. The number of carboxylic acid groups (broad SMARTS) is 2. The minimum atomic E-state index is -0.949. The number of carboxylic acids is 2. The second-order valence-electron chi connectivity index (χ2n) is 10.5. The summed E-state index contributed by atoms with van der Waals surface area (Å²) in [5.74, 6) is -2.36. The number of allylic oxidation sites excluding steroid dienone is 5. The lowest BCUT2D eigenvalue weighted by Gasteiger charge is -2.06. The molecule has 5 N–H and O–H groups in total. The van der Waals surface area contributed by atoms with E-state index >= 15 is 0 Å². The van der Waals surface area contributed by atoms with Crippen LogP contribution in [0.3, 0.4) is 0 Å². The number of amides is 2. The zero-order valence-corrected chi connectivity index (χ0v) is 24.6. The quantitative estimate of drug-likeness (QED) is 0.252. The number of aromatic nitrogens is 1. The third-order valence-electron chi connectivity index (χ3n) is 7.86. The number of H-pyrrole nitrogens is 1. The Bertz CT molecular complexity index is 1720. The predicted octanol–water partition coefficient (Wildman–Crippen LogP) is 4.81. The maximum absolute atomic E-state index is 12.3. The molecule has 10 nitrogen and oxygen atoms in total. The van der Waals surface area contributed by atoms with Crippen molar-refractivity contribution in [3.05, 3.63) is 104 Å². The zero-order valence-electron chi connectivity index (χ0n) is 24.6. The van der Waals surface area contributed by atoms with E-state index in [0.29, 0.717) is 50.9 Å². The molecule has 0 bridgehead atoms. The predicted molar refractivity (Wildman–Crippen MR) is 165 cm³/mol. The van der Waals surface area contributed by atoms with Crippen LogP contribution < -0.4 is 10.6 Å². The van der Waals surface area contributed by atoms with Crippen LogP contribution in [0.15, 0.2) is 86.9 Å². The fourth-order valence-corrected chi connectivity index (χ4v) is 5.33. The number of nitrogens with one attached hydrogen (secondary N) is 3. The average Bonchev–Trinajstić information content (AvgIpc) is 3.59. The monoisotopic (exact) mass is 582 g/mol. The number of hydrogen-bond donors (Lipinski definition) is 5. The molecule has 1 aromatic rings. The maximum Gasteiger partial charge on any atom is 0.303 e. The van der Waals surface area contributed by atoms with Crippen molar-refractivity contribution in [3.63, 3.8) is 0 Å². The molecule has 222 valence electrons. The van der Waals surface area contributed by atoms with Gasteiger partial charge in [0, 0.05) is 46.6 Å². The summed E-state index contributed by atoms with van der Waals surface area (Å²) in [7, 11) is 0. The Hall–Kier alpha value is -5.25. The maximum atomic E-state index is 12.3. The first kappa shape index (κ1) is 30.7. The van der Waals surface area contributed by atoms with E-state index in [4.69, 9.17) is 4.99 Å². The highest BCUT2D eigenvalue weighted by atomic mass is 16.4. The van der Waals surface area contributed by atoms with E-state index < -0.39 is 11.9 Å². The lowest BCUT2D eigenvalue weighted by Crippen LogP contribution is -2.16. The van der Waals surface area contributed by atoms with Crippen molar-refractivity contribution in [2.45, 2.75) is 53.4 Å². The lowest BCUT2D eigenvalue weighted by molar-refractivity contribution is -0.138. The highest BCUT2D eigenvalue weighted by Crippen LogP contribution is 2.35. The second-order valence-corrected chi connectivity index (χ2v) is 10.5. The average molecular weight is 583 g/mol. The van der Waals surface area contributed by atoms with E-state index in [1.54, 1.807) is 31.2 Å². The van der Waals surface area contributed by atoms with E-state index in [1.807, 2.05) is 20.8 Å². The molecule has 0 radical (unpaired) electrons. The molecule has 0 spiro atoms. The zero-order chi connectivity index (χ0) is 31.6. The number of nitrogens with zero attached hydrogens (tertiary/aromatic N) is 1. The number of aliphatic carboxylic acids is 2. The van der Waals surface area contributed by atoms with Gasteiger partial charge in [-0.15, -0.1) is 0 Å². The third kappa shape index (κ3) is 6.18. The number of aromatic amines is 1. The smallest absolute Gasteiger partial charge is 0.303 e. The molecular formula is C33H34N4O6. The summed E-state index contributed by atoms with van der Waals surface area (Å²) in [6.45, 7) is 14.8.